The number of rotatable bonds is 11. The Hall–Kier alpha value is -0.312. The molecule has 1 heterocycles. The average Bonchev–Trinajstić information content (AvgIpc) is 2.75. The summed E-state index contributed by atoms with van der Waals surface area (Å²) >= 11 is 0. The Kier molecular flexibility index (Phi) is 8.66. The number of carbonyl (C=O) groups excluding carboxylic acids is 1. The van der Waals surface area contributed by atoms with Gasteiger partial charge < -0.3 is 22.4 Å². The fourth-order valence-corrected chi connectivity index (χ4v) is 20.3. The Labute approximate surface area is 168 Å². The van der Waals surface area contributed by atoms with Crippen LogP contribution in [0.15, 0.2) is 0 Å². The minimum atomic E-state index is -2.45. The molecule has 0 saturated carbocycles. The second-order valence-electron chi connectivity index (χ2n) is 9.20. The van der Waals surface area contributed by atoms with Crippen molar-refractivity contribution in [1.82, 2.24) is 4.90 Å². The quantitative estimate of drug-likeness (QED) is 0.486. The predicted octanol–water partition coefficient (Wildman–Crippen LogP) is 2.95. The highest BCUT2D eigenvalue weighted by Gasteiger charge is 2.43. The van der Waals surface area contributed by atoms with Crippen molar-refractivity contribution in [2.75, 3.05) is 13.1 Å². The summed E-state index contributed by atoms with van der Waals surface area (Å²) in [6, 6.07) is 0.776. The van der Waals surface area contributed by atoms with Gasteiger partial charge in [0.2, 0.25) is 5.91 Å². The molecule has 11 heteroatoms. The lowest BCUT2D eigenvalue weighted by Gasteiger charge is -2.40. The molecule has 1 aliphatic heterocycles. The van der Waals surface area contributed by atoms with Gasteiger partial charge in [-0.25, -0.2) is 0 Å². The van der Waals surface area contributed by atoms with Gasteiger partial charge in [-0.05, 0) is 64.8 Å². The first kappa shape index (κ1) is 24.7. The number of carbonyl (C=O) groups is 2. The zero-order chi connectivity index (χ0) is 21.0. The molecule has 27 heavy (non-hydrogen) atoms. The molecule has 1 amide bonds. The zero-order valence-corrected chi connectivity index (χ0v) is 22.3. The zero-order valence-electron chi connectivity index (χ0n) is 18.1. The highest BCUT2D eigenvalue weighted by Crippen LogP contribution is 2.27. The Morgan fingerprint density at radius 1 is 1.19 bits per heavy atom. The fraction of sp³-hybridized carbons (Fsp3) is 0.875. The fourth-order valence-electron chi connectivity index (χ4n) is 3.63. The van der Waals surface area contributed by atoms with E-state index in [-0.39, 0.29) is 12.3 Å². The molecular weight excluding hydrogens is 415 g/mol. The summed E-state index contributed by atoms with van der Waals surface area (Å²) < 4.78 is 19.3. The van der Waals surface area contributed by atoms with Crippen LogP contribution in [0.25, 0.3) is 0 Å². The Morgan fingerprint density at radius 3 is 2.22 bits per heavy atom. The SMILES string of the molecule is C[SiH](C)O[Si](C)(C)O[Si](C)(CCCN1CC(C(=O)O)CC1=O)O[Si](C)(C)C. The predicted molar refractivity (Wildman–Crippen MR) is 116 cm³/mol. The summed E-state index contributed by atoms with van der Waals surface area (Å²) in [7, 11) is -7.71. The van der Waals surface area contributed by atoms with Gasteiger partial charge in [-0.2, -0.15) is 0 Å². The first-order valence-electron chi connectivity index (χ1n) is 9.71. The molecule has 0 aromatic rings. The monoisotopic (exact) mass is 451 g/mol. The Morgan fingerprint density at radius 2 is 1.78 bits per heavy atom. The standard InChI is InChI=1S/C16H37NO6Si4/c1-24(2)21-26(6,7)23-27(8,22-25(3,4)5)11-9-10-17-13-14(16(19)20)12-15(17)18/h14,24H,9-13H2,1-8H3,(H,19,20). The van der Waals surface area contributed by atoms with Gasteiger partial charge in [0.1, 0.15) is 0 Å². The van der Waals surface area contributed by atoms with Crippen molar-refractivity contribution in [3.8, 4) is 0 Å². The van der Waals surface area contributed by atoms with Crippen molar-refractivity contribution in [3.63, 3.8) is 0 Å². The summed E-state index contributed by atoms with van der Waals surface area (Å²) in [5.74, 6) is -1.54. The Bertz CT molecular complexity index is 539. The van der Waals surface area contributed by atoms with E-state index in [1.165, 1.54) is 0 Å². The van der Waals surface area contributed by atoms with Gasteiger partial charge in [-0.1, -0.05) is 0 Å². The molecule has 158 valence electrons. The average molecular weight is 452 g/mol. The van der Waals surface area contributed by atoms with Crippen LogP contribution in [0.2, 0.25) is 58.4 Å². The number of aliphatic carboxylic acids is 1. The van der Waals surface area contributed by atoms with Crippen LogP contribution in [0, 0.1) is 5.92 Å². The van der Waals surface area contributed by atoms with Gasteiger partial charge in [-0.3, -0.25) is 9.59 Å². The molecule has 1 rings (SSSR count). The third-order valence-electron chi connectivity index (χ3n) is 4.13. The molecule has 0 aliphatic carbocycles. The van der Waals surface area contributed by atoms with E-state index >= 15 is 0 Å². The largest absolute Gasteiger partial charge is 0.481 e. The highest BCUT2D eigenvalue weighted by molar-refractivity contribution is 6.87. The van der Waals surface area contributed by atoms with Crippen LogP contribution in [0.4, 0.5) is 0 Å². The van der Waals surface area contributed by atoms with E-state index in [9.17, 15) is 9.59 Å². The molecule has 1 aliphatic rings. The van der Waals surface area contributed by atoms with Crippen molar-refractivity contribution in [2.45, 2.75) is 71.3 Å². The maximum Gasteiger partial charge on any atom is 0.315 e. The molecule has 0 bridgehead atoms. The number of likely N-dealkylation sites (tertiary alicyclic amines) is 1. The van der Waals surface area contributed by atoms with Gasteiger partial charge >= 0.3 is 23.1 Å². The van der Waals surface area contributed by atoms with Gasteiger partial charge in [0.15, 0.2) is 17.4 Å². The van der Waals surface area contributed by atoms with Gasteiger partial charge in [-0.15, -0.1) is 0 Å². The van der Waals surface area contributed by atoms with Crippen LogP contribution < -0.4 is 0 Å². The van der Waals surface area contributed by atoms with E-state index < -0.39 is 46.4 Å². The number of nitrogens with zero attached hydrogens (tertiary/aromatic N) is 1. The van der Waals surface area contributed by atoms with Crippen LogP contribution in [0.1, 0.15) is 12.8 Å². The second-order valence-corrected chi connectivity index (χ2v) is 23.7. The third-order valence-corrected chi connectivity index (χ3v) is 17.4. The van der Waals surface area contributed by atoms with Crippen LogP contribution in [-0.4, -0.2) is 69.5 Å². The molecule has 2 unspecified atom stereocenters. The number of carboxylic acid groups (broad SMARTS) is 1. The van der Waals surface area contributed by atoms with Crippen molar-refractivity contribution in [2.24, 2.45) is 5.92 Å². The van der Waals surface area contributed by atoms with Crippen LogP contribution in [-0.2, 0) is 21.9 Å². The van der Waals surface area contributed by atoms with Gasteiger partial charge in [0, 0.05) is 19.5 Å². The maximum atomic E-state index is 12.0. The molecule has 7 nitrogen and oxygen atoms in total. The minimum Gasteiger partial charge on any atom is -0.481 e. The lowest BCUT2D eigenvalue weighted by Crippen LogP contribution is -2.55. The number of hydrogen-bond donors (Lipinski definition) is 1. The molecule has 0 aromatic carbocycles. The van der Waals surface area contributed by atoms with E-state index in [0.29, 0.717) is 13.1 Å². The topological polar surface area (TPSA) is 85.3 Å². The molecule has 0 aromatic heterocycles. The smallest absolute Gasteiger partial charge is 0.315 e. The summed E-state index contributed by atoms with van der Waals surface area (Å²) in [6.07, 6.45) is 0.869. The lowest BCUT2D eigenvalue weighted by atomic mass is 10.1. The molecule has 1 N–H and O–H groups in total. The number of amides is 1. The molecule has 1 saturated heterocycles. The third kappa shape index (κ3) is 9.15. The normalized spacial score (nSPS) is 21.0. The maximum absolute atomic E-state index is 12.0. The summed E-state index contributed by atoms with van der Waals surface area (Å²) in [6.45, 7) is 17.9. The van der Waals surface area contributed by atoms with Crippen molar-refractivity contribution >= 4 is 46.4 Å². The van der Waals surface area contributed by atoms with E-state index in [0.717, 1.165) is 12.5 Å². The van der Waals surface area contributed by atoms with Gasteiger partial charge in [0.05, 0.1) is 5.92 Å². The van der Waals surface area contributed by atoms with E-state index in [1.807, 2.05) is 0 Å². The van der Waals surface area contributed by atoms with Crippen molar-refractivity contribution < 1.29 is 27.0 Å². The molecule has 0 spiro atoms. The van der Waals surface area contributed by atoms with Crippen molar-refractivity contribution in [3.05, 3.63) is 0 Å². The van der Waals surface area contributed by atoms with E-state index in [1.54, 1.807) is 4.90 Å². The second kappa shape index (κ2) is 9.46. The lowest BCUT2D eigenvalue weighted by molar-refractivity contribution is -0.141. The summed E-state index contributed by atoms with van der Waals surface area (Å²) in [4.78, 5) is 24.8. The Balaban J connectivity index is 2.72. The van der Waals surface area contributed by atoms with Crippen LogP contribution in [0.3, 0.4) is 0 Å². The molecule has 2 atom stereocenters. The first-order chi connectivity index (χ1) is 12.1. The molecule has 1 fully saturated rings. The minimum absolute atomic E-state index is 0.0679. The van der Waals surface area contributed by atoms with Crippen molar-refractivity contribution in [1.29, 1.82) is 0 Å². The van der Waals surface area contributed by atoms with Crippen LogP contribution in [0.5, 0.6) is 0 Å². The van der Waals surface area contributed by atoms with Crippen LogP contribution >= 0.6 is 0 Å². The highest BCUT2D eigenvalue weighted by atomic mass is 28.5. The van der Waals surface area contributed by atoms with E-state index in [4.69, 9.17) is 17.5 Å². The summed E-state index contributed by atoms with van der Waals surface area (Å²) in [5, 5.41) is 9.12. The number of hydrogen-bond acceptors (Lipinski definition) is 5. The molecular formula is C16H37NO6Si4. The van der Waals surface area contributed by atoms with Gasteiger partial charge in [0.25, 0.3) is 0 Å². The molecule has 0 radical (unpaired) electrons. The first-order valence-corrected chi connectivity index (χ1v) is 21.2. The van der Waals surface area contributed by atoms with E-state index in [2.05, 4.69) is 52.4 Å². The number of carboxylic acids is 1. The summed E-state index contributed by atoms with van der Waals surface area (Å²) in [5.41, 5.74) is 0.